The van der Waals surface area contributed by atoms with Crippen molar-refractivity contribution in [2.24, 2.45) is 0 Å². The molecule has 2 aromatic carbocycles. The predicted molar refractivity (Wildman–Crippen MR) is 130 cm³/mol. The third-order valence-corrected chi connectivity index (χ3v) is 6.86. The molecular weight excluding hydrogens is 447 g/mol. The maximum atomic E-state index is 13.7. The summed E-state index contributed by atoms with van der Waals surface area (Å²) in [7, 11) is 1.64. The molecule has 0 spiro atoms. The standard InChI is InChI=1S/C27H31FN4O3/c1-35-23-9-3-6-20(14-23)16-32-25-10-12-30(15-19-5-2-7-21(28)13-19)18-24(25)26(29-32)27(34)31-11-4-8-22(33)17-31/h2-3,5-7,9,13-14,22,33H,4,8,10-12,15-18H2,1H3. The Labute approximate surface area is 204 Å². The highest BCUT2D eigenvalue weighted by Crippen LogP contribution is 2.27. The minimum atomic E-state index is -0.494. The van der Waals surface area contributed by atoms with Gasteiger partial charge in [-0.2, -0.15) is 5.10 Å². The SMILES string of the molecule is COc1cccc(Cn2nc(C(=O)N3CCCC(O)C3)c3c2CCN(Cc2cccc(F)c2)C3)c1. The normalized spacial score (nSPS) is 18.4. The van der Waals surface area contributed by atoms with Crippen molar-refractivity contribution in [2.45, 2.75) is 45.0 Å². The smallest absolute Gasteiger partial charge is 0.274 e. The van der Waals surface area contributed by atoms with Crippen molar-refractivity contribution >= 4 is 5.91 Å². The number of benzene rings is 2. The van der Waals surface area contributed by atoms with Crippen LogP contribution in [0.5, 0.6) is 5.75 Å². The number of fused-ring (bicyclic) bond motifs is 1. The Bertz CT molecular complexity index is 1210. The number of piperidine rings is 1. The Kier molecular flexibility index (Phi) is 6.83. The van der Waals surface area contributed by atoms with E-state index in [0.29, 0.717) is 44.8 Å². The molecule has 35 heavy (non-hydrogen) atoms. The number of hydrogen-bond donors (Lipinski definition) is 1. The zero-order chi connectivity index (χ0) is 24.4. The lowest BCUT2D eigenvalue weighted by molar-refractivity contribution is 0.0466. The van der Waals surface area contributed by atoms with E-state index in [2.05, 4.69) is 4.90 Å². The topological polar surface area (TPSA) is 70.8 Å². The number of amides is 1. The number of aromatic nitrogens is 2. The van der Waals surface area contributed by atoms with Gasteiger partial charge in [0.05, 0.1) is 19.8 Å². The summed E-state index contributed by atoms with van der Waals surface area (Å²) in [6, 6.07) is 14.5. The van der Waals surface area contributed by atoms with Crippen LogP contribution < -0.4 is 4.74 Å². The monoisotopic (exact) mass is 478 g/mol. The fourth-order valence-corrected chi connectivity index (χ4v) is 5.11. The fourth-order valence-electron chi connectivity index (χ4n) is 5.11. The number of carbonyl (C=O) groups excluding carboxylic acids is 1. The van der Waals surface area contributed by atoms with Crippen molar-refractivity contribution < 1.29 is 19.0 Å². The van der Waals surface area contributed by atoms with Crippen LogP contribution in [0.4, 0.5) is 4.39 Å². The summed E-state index contributed by atoms with van der Waals surface area (Å²) in [5.41, 5.74) is 4.40. The zero-order valence-electron chi connectivity index (χ0n) is 20.0. The van der Waals surface area contributed by atoms with Crippen LogP contribution in [0.1, 0.15) is 45.7 Å². The van der Waals surface area contributed by atoms with Crippen LogP contribution in [0.3, 0.4) is 0 Å². The zero-order valence-corrected chi connectivity index (χ0v) is 20.0. The molecule has 3 heterocycles. The first-order chi connectivity index (χ1) is 17.0. The van der Waals surface area contributed by atoms with E-state index >= 15 is 0 Å². The molecule has 1 atom stereocenters. The van der Waals surface area contributed by atoms with Gasteiger partial charge in [-0.3, -0.25) is 14.4 Å². The molecule has 184 valence electrons. The van der Waals surface area contributed by atoms with Crippen molar-refractivity contribution in [2.75, 3.05) is 26.7 Å². The van der Waals surface area contributed by atoms with Gasteiger partial charge < -0.3 is 14.7 Å². The molecule has 1 aromatic heterocycles. The van der Waals surface area contributed by atoms with Gasteiger partial charge in [0.25, 0.3) is 5.91 Å². The number of likely N-dealkylation sites (tertiary alicyclic amines) is 1. The molecule has 2 aliphatic rings. The van der Waals surface area contributed by atoms with E-state index in [4.69, 9.17) is 9.84 Å². The van der Waals surface area contributed by atoms with Gasteiger partial charge >= 0.3 is 0 Å². The van der Waals surface area contributed by atoms with Crippen LogP contribution in [0.25, 0.3) is 0 Å². The second-order valence-corrected chi connectivity index (χ2v) is 9.42. The average Bonchev–Trinajstić information content (AvgIpc) is 3.21. The van der Waals surface area contributed by atoms with E-state index in [1.807, 2.05) is 35.0 Å². The van der Waals surface area contributed by atoms with Crippen molar-refractivity contribution in [3.05, 3.63) is 82.4 Å². The van der Waals surface area contributed by atoms with Crippen molar-refractivity contribution in [1.29, 1.82) is 0 Å². The highest BCUT2D eigenvalue weighted by molar-refractivity contribution is 5.94. The Balaban J connectivity index is 1.45. The van der Waals surface area contributed by atoms with Gasteiger partial charge in [0, 0.05) is 50.4 Å². The number of β-amino-alcohol motifs (C(OH)–C–C–N with tert-alkyl or cyclic N) is 1. The second kappa shape index (κ2) is 10.2. The van der Waals surface area contributed by atoms with E-state index in [9.17, 15) is 14.3 Å². The molecule has 0 radical (unpaired) electrons. The van der Waals surface area contributed by atoms with Gasteiger partial charge in [-0.05, 0) is 48.2 Å². The first kappa shape index (κ1) is 23.5. The number of hydrogen-bond acceptors (Lipinski definition) is 5. The number of aliphatic hydroxyl groups is 1. The lowest BCUT2D eigenvalue weighted by Gasteiger charge is -2.31. The quantitative estimate of drug-likeness (QED) is 0.589. The maximum Gasteiger partial charge on any atom is 0.274 e. The van der Waals surface area contributed by atoms with Crippen LogP contribution in [0, 0.1) is 5.82 Å². The molecule has 1 amide bonds. The fraction of sp³-hybridized carbons (Fsp3) is 0.407. The Morgan fingerprint density at radius 1 is 1.14 bits per heavy atom. The summed E-state index contributed by atoms with van der Waals surface area (Å²) in [5, 5.41) is 14.9. The maximum absolute atomic E-state index is 13.7. The van der Waals surface area contributed by atoms with Gasteiger partial charge in [0.2, 0.25) is 0 Å². The Morgan fingerprint density at radius 3 is 2.71 bits per heavy atom. The largest absolute Gasteiger partial charge is 0.497 e. The minimum Gasteiger partial charge on any atom is -0.497 e. The van der Waals surface area contributed by atoms with Gasteiger partial charge in [-0.25, -0.2) is 4.39 Å². The van der Waals surface area contributed by atoms with Gasteiger partial charge in [0.1, 0.15) is 11.6 Å². The number of methoxy groups -OCH3 is 1. The third-order valence-electron chi connectivity index (χ3n) is 6.86. The first-order valence-corrected chi connectivity index (χ1v) is 12.2. The molecule has 8 heteroatoms. The minimum absolute atomic E-state index is 0.128. The first-order valence-electron chi connectivity index (χ1n) is 12.2. The molecule has 2 aliphatic heterocycles. The second-order valence-electron chi connectivity index (χ2n) is 9.42. The van der Waals surface area contributed by atoms with Crippen LogP contribution in [-0.2, 0) is 26.1 Å². The Hall–Kier alpha value is -3.23. The number of ether oxygens (including phenoxy) is 1. The van der Waals surface area contributed by atoms with Crippen molar-refractivity contribution in [1.82, 2.24) is 19.6 Å². The molecule has 7 nitrogen and oxygen atoms in total. The highest BCUT2D eigenvalue weighted by atomic mass is 19.1. The molecule has 0 aliphatic carbocycles. The number of aliphatic hydroxyl groups excluding tert-OH is 1. The number of rotatable bonds is 6. The molecule has 0 bridgehead atoms. The summed E-state index contributed by atoms with van der Waals surface area (Å²) < 4.78 is 21.0. The van der Waals surface area contributed by atoms with Crippen LogP contribution in [0.15, 0.2) is 48.5 Å². The van der Waals surface area contributed by atoms with Crippen LogP contribution in [-0.4, -0.2) is 63.4 Å². The Morgan fingerprint density at radius 2 is 1.94 bits per heavy atom. The molecule has 1 unspecified atom stereocenters. The average molecular weight is 479 g/mol. The van der Waals surface area contributed by atoms with Gasteiger partial charge in [0.15, 0.2) is 5.69 Å². The van der Waals surface area contributed by atoms with E-state index in [-0.39, 0.29) is 11.7 Å². The van der Waals surface area contributed by atoms with Gasteiger partial charge in [-0.1, -0.05) is 24.3 Å². The molecular formula is C27H31FN4O3. The van der Waals surface area contributed by atoms with Crippen LogP contribution in [0.2, 0.25) is 0 Å². The molecule has 3 aromatic rings. The lowest BCUT2D eigenvalue weighted by atomic mass is 10.0. The predicted octanol–water partition coefficient (Wildman–Crippen LogP) is 3.23. The number of nitrogens with zero attached hydrogens (tertiary/aromatic N) is 4. The molecule has 1 saturated heterocycles. The van der Waals surface area contributed by atoms with Crippen LogP contribution >= 0.6 is 0 Å². The van der Waals surface area contributed by atoms with Crippen molar-refractivity contribution in [3.8, 4) is 5.75 Å². The molecule has 5 rings (SSSR count). The van der Waals surface area contributed by atoms with E-state index in [1.165, 1.54) is 6.07 Å². The van der Waals surface area contributed by atoms with E-state index in [1.54, 1.807) is 24.1 Å². The summed E-state index contributed by atoms with van der Waals surface area (Å²) in [5.74, 6) is 0.409. The van der Waals surface area contributed by atoms with E-state index < -0.39 is 6.10 Å². The highest BCUT2D eigenvalue weighted by Gasteiger charge is 2.32. The van der Waals surface area contributed by atoms with E-state index in [0.717, 1.165) is 47.5 Å². The molecule has 1 N–H and O–H groups in total. The summed E-state index contributed by atoms with van der Waals surface area (Å²) in [4.78, 5) is 17.5. The summed E-state index contributed by atoms with van der Waals surface area (Å²) in [6.45, 7) is 3.47. The summed E-state index contributed by atoms with van der Waals surface area (Å²) >= 11 is 0. The summed E-state index contributed by atoms with van der Waals surface area (Å²) in [6.07, 6.45) is 1.75. The molecule has 0 saturated carbocycles. The number of carbonyl (C=O) groups is 1. The lowest BCUT2D eigenvalue weighted by Crippen LogP contribution is -2.43. The van der Waals surface area contributed by atoms with Crippen molar-refractivity contribution in [3.63, 3.8) is 0 Å². The molecule has 1 fully saturated rings. The third kappa shape index (κ3) is 5.23. The van der Waals surface area contributed by atoms with Gasteiger partial charge in [-0.15, -0.1) is 0 Å². The number of halogens is 1.